The molecule has 1 aliphatic rings. The van der Waals surface area contributed by atoms with E-state index >= 15 is 0 Å². The molecule has 2 rings (SSSR count). The second-order valence-corrected chi connectivity index (χ2v) is 5.98. The first kappa shape index (κ1) is 16.4. The molecule has 0 aliphatic carbocycles. The third kappa shape index (κ3) is 3.80. The van der Waals surface area contributed by atoms with Crippen molar-refractivity contribution in [1.82, 2.24) is 4.90 Å². The molecule has 1 fully saturated rings. The number of thioether (sulfide) groups is 1. The summed E-state index contributed by atoms with van der Waals surface area (Å²) < 4.78 is 5.71. The summed E-state index contributed by atoms with van der Waals surface area (Å²) in [5, 5.41) is -0.257. The Kier molecular flexibility index (Phi) is 5.44. The van der Waals surface area contributed by atoms with Crippen LogP contribution in [0.2, 0.25) is 0 Å². The smallest absolute Gasteiger partial charge is 0.293 e. The maximum Gasteiger partial charge on any atom is 0.293 e. The topological polar surface area (TPSA) is 46.6 Å². The molecule has 0 saturated carbocycles. The van der Waals surface area contributed by atoms with Gasteiger partial charge in [0, 0.05) is 6.54 Å². The minimum atomic E-state index is -0.269. The minimum Gasteiger partial charge on any atom is -0.491 e. The molecule has 22 heavy (non-hydrogen) atoms. The number of carbonyl (C=O) groups is 2. The predicted molar refractivity (Wildman–Crippen MR) is 89.7 cm³/mol. The fourth-order valence-corrected chi connectivity index (χ4v) is 2.74. The van der Waals surface area contributed by atoms with Gasteiger partial charge in [0.2, 0.25) is 0 Å². The highest BCUT2D eigenvalue weighted by molar-refractivity contribution is 8.18. The molecule has 1 heterocycles. The molecule has 2 amide bonds. The van der Waals surface area contributed by atoms with Gasteiger partial charge < -0.3 is 4.74 Å². The number of carbonyl (C=O) groups excluding carboxylic acids is 2. The highest BCUT2D eigenvalue weighted by atomic mass is 32.2. The van der Waals surface area contributed by atoms with Crippen LogP contribution in [0, 0.1) is 0 Å². The molecular weight excluding hydrogens is 298 g/mol. The molecule has 0 N–H and O–H groups in total. The van der Waals surface area contributed by atoms with Crippen molar-refractivity contribution in [2.24, 2.45) is 0 Å². The lowest BCUT2D eigenvalue weighted by Gasteiger charge is -2.12. The normalized spacial score (nSPS) is 17.9. The summed E-state index contributed by atoms with van der Waals surface area (Å²) in [6, 6.07) is 7.48. The Bertz CT molecular complexity index is 607. The fourth-order valence-electron chi connectivity index (χ4n) is 1.90. The summed E-state index contributed by atoms with van der Waals surface area (Å²) >= 11 is 0.955. The molecule has 1 aliphatic heterocycles. The van der Waals surface area contributed by atoms with Crippen LogP contribution >= 0.6 is 11.8 Å². The zero-order valence-corrected chi connectivity index (χ0v) is 13.6. The molecule has 1 aromatic rings. The van der Waals surface area contributed by atoms with E-state index in [9.17, 15) is 9.59 Å². The van der Waals surface area contributed by atoms with Crippen LogP contribution in [0.15, 0.2) is 41.8 Å². The third-order valence-electron chi connectivity index (χ3n) is 3.28. The largest absolute Gasteiger partial charge is 0.491 e. The third-order valence-corrected chi connectivity index (χ3v) is 4.18. The summed E-state index contributed by atoms with van der Waals surface area (Å²) in [6.45, 7) is 7.88. The summed E-state index contributed by atoms with van der Waals surface area (Å²) in [7, 11) is 0. The molecule has 1 saturated heterocycles. The molecule has 0 bridgehead atoms. The van der Waals surface area contributed by atoms with Crippen molar-refractivity contribution in [3.05, 3.63) is 47.4 Å². The molecular formula is C17H19NO3S. The van der Waals surface area contributed by atoms with Gasteiger partial charge in [0.1, 0.15) is 5.75 Å². The second kappa shape index (κ2) is 7.31. The highest BCUT2D eigenvalue weighted by Crippen LogP contribution is 2.32. The van der Waals surface area contributed by atoms with Crippen LogP contribution < -0.4 is 4.74 Å². The first-order valence-electron chi connectivity index (χ1n) is 7.18. The van der Waals surface area contributed by atoms with E-state index < -0.39 is 0 Å². The minimum absolute atomic E-state index is 0.168. The van der Waals surface area contributed by atoms with E-state index in [1.165, 1.54) is 4.90 Å². The summed E-state index contributed by atoms with van der Waals surface area (Å²) in [4.78, 5) is 25.5. The van der Waals surface area contributed by atoms with Crippen LogP contribution in [0.4, 0.5) is 4.79 Å². The average molecular weight is 317 g/mol. The second-order valence-electron chi connectivity index (χ2n) is 4.99. The Morgan fingerprint density at radius 1 is 1.32 bits per heavy atom. The van der Waals surface area contributed by atoms with Gasteiger partial charge in [-0.05, 0) is 48.9 Å². The van der Waals surface area contributed by atoms with Gasteiger partial charge in [-0.25, -0.2) is 0 Å². The van der Waals surface area contributed by atoms with Crippen molar-refractivity contribution in [1.29, 1.82) is 0 Å². The lowest BCUT2D eigenvalue weighted by atomic mass is 10.2. The lowest BCUT2D eigenvalue weighted by molar-refractivity contribution is -0.122. The van der Waals surface area contributed by atoms with Gasteiger partial charge in [0.05, 0.1) is 11.0 Å². The SMILES string of the molecule is C=CCN1C(=O)S/C(=C/c2ccc(O[C@H](C)CC)cc2)C1=O. The molecule has 0 radical (unpaired) electrons. The summed E-state index contributed by atoms with van der Waals surface area (Å²) in [5.41, 5.74) is 0.862. The maximum atomic E-state index is 12.1. The Labute approximate surface area is 134 Å². The zero-order chi connectivity index (χ0) is 16.1. The molecule has 5 heteroatoms. The van der Waals surface area contributed by atoms with E-state index in [2.05, 4.69) is 13.5 Å². The number of benzene rings is 1. The Hall–Kier alpha value is -2.01. The van der Waals surface area contributed by atoms with Crippen molar-refractivity contribution in [2.45, 2.75) is 26.4 Å². The fraction of sp³-hybridized carbons (Fsp3) is 0.294. The van der Waals surface area contributed by atoms with Crippen LogP contribution in [-0.4, -0.2) is 28.7 Å². The summed E-state index contributed by atoms with van der Waals surface area (Å²) in [5.74, 6) is 0.529. The predicted octanol–water partition coefficient (Wildman–Crippen LogP) is 4.09. The van der Waals surface area contributed by atoms with E-state index in [4.69, 9.17) is 4.74 Å². The number of rotatable bonds is 6. The van der Waals surface area contributed by atoms with Crippen LogP contribution in [0.1, 0.15) is 25.8 Å². The highest BCUT2D eigenvalue weighted by Gasteiger charge is 2.33. The van der Waals surface area contributed by atoms with Gasteiger partial charge in [-0.3, -0.25) is 14.5 Å². The monoisotopic (exact) mass is 317 g/mol. The Morgan fingerprint density at radius 2 is 2.00 bits per heavy atom. The van der Waals surface area contributed by atoms with E-state index in [1.807, 2.05) is 31.2 Å². The first-order valence-corrected chi connectivity index (χ1v) is 7.99. The van der Waals surface area contributed by atoms with Crippen LogP contribution in [0.3, 0.4) is 0 Å². The number of amides is 2. The van der Waals surface area contributed by atoms with Crippen molar-refractivity contribution in [3.63, 3.8) is 0 Å². The van der Waals surface area contributed by atoms with Crippen LogP contribution in [0.5, 0.6) is 5.75 Å². The Balaban J connectivity index is 2.11. The van der Waals surface area contributed by atoms with Gasteiger partial charge in [-0.1, -0.05) is 25.1 Å². The number of hydrogen-bond acceptors (Lipinski definition) is 4. The zero-order valence-electron chi connectivity index (χ0n) is 12.7. The van der Waals surface area contributed by atoms with Gasteiger partial charge in [-0.2, -0.15) is 0 Å². The Morgan fingerprint density at radius 3 is 2.59 bits per heavy atom. The number of hydrogen-bond donors (Lipinski definition) is 0. The van der Waals surface area contributed by atoms with Crippen LogP contribution in [-0.2, 0) is 4.79 Å². The molecule has 0 spiro atoms. The van der Waals surface area contributed by atoms with Gasteiger partial charge in [-0.15, -0.1) is 6.58 Å². The average Bonchev–Trinajstić information content (AvgIpc) is 2.77. The lowest BCUT2D eigenvalue weighted by Crippen LogP contribution is -2.27. The van der Waals surface area contributed by atoms with E-state index in [0.717, 1.165) is 29.5 Å². The maximum absolute atomic E-state index is 12.1. The van der Waals surface area contributed by atoms with Gasteiger partial charge >= 0.3 is 0 Å². The number of ether oxygens (including phenoxy) is 1. The van der Waals surface area contributed by atoms with E-state index in [-0.39, 0.29) is 23.8 Å². The van der Waals surface area contributed by atoms with E-state index in [0.29, 0.717) is 4.91 Å². The van der Waals surface area contributed by atoms with Gasteiger partial charge in [0.25, 0.3) is 11.1 Å². The standard InChI is InChI=1S/C17H19NO3S/c1-4-10-18-16(19)15(22-17(18)20)11-13-6-8-14(9-7-13)21-12(3)5-2/h4,6-9,11-12H,1,5,10H2,2-3H3/b15-11+/t12-/m1/s1. The number of nitrogens with zero attached hydrogens (tertiary/aromatic N) is 1. The van der Waals surface area contributed by atoms with Crippen molar-refractivity contribution in [3.8, 4) is 5.75 Å². The molecule has 4 nitrogen and oxygen atoms in total. The molecule has 1 atom stereocenters. The molecule has 0 aromatic heterocycles. The molecule has 0 unspecified atom stereocenters. The first-order chi connectivity index (χ1) is 10.5. The van der Waals surface area contributed by atoms with Crippen molar-refractivity contribution >= 4 is 29.0 Å². The van der Waals surface area contributed by atoms with Crippen LogP contribution in [0.25, 0.3) is 6.08 Å². The summed E-state index contributed by atoms with van der Waals surface area (Å²) in [6.07, 6.45) is 4.38. The van der Waals surface area contributed by atoms with Crippen molar-refractivity contribution in [2.75, 3.05) is 6.54 Å². The van der Waals surface area contributed by atoms with Gasteiger partial charge in [0.15, 0.2) is 0 Å². The number of imide groups is 1. The molecule has 1 aromatic carbocycles. The van der Waals surface area contributed by atoms with Crippen molar-refractivity contribution < 1.29 is 14.3 Å². The molecule has 116 valence electrons. The van der Waals surface area contributed by atoms with E-state index in [1.54, 1.807) is 12.2 Å². The quantitative estimate of drug-likeness (QED) is 0.586.